The van der Waals surface area contributed by atoms with Crippen molar-refractivity contribution in [3.63, 3.8) is 0 Å². The molecule has 0 heterocycles. The Morgan fingerprint density at radius 1 is 0.938 bits per heavy atom. The molecule has 0 saturated carbocycles. The molecule has 0 amide bonds. The normalized spacial score (nSPS) is 11.2. The Hall–Kier alpha value is -0.240. The van der Waals surface area contributed by atoms with Crippen LogP contribution in [0.25, 0.3) is 0 Å². The van der Waals surface area contributed by atoms with E-state index < -0.39 is 0 Å². The standard InChI is InChI=1S/C10H23NO5/c1-14-4-5-16-7-6-15-3-2-11-10(8-12)9-13/h10-13H,2-9H2,1H3. The highest BCUT2D eigenvalue weighted by Gasteiger charge is 2.02. The van der Waals surface area contributed by atoms with Gasteiger partial charge in [-0.3, -0.25) is 0 Å². The third-order valence-electron chi connectivity index (χ3n) is 1.92. The van der Waals surface area contributed by atoms with Crippen LogP contribution in [0.3, 0.4) is 0 Å². The Labute approximate surface area is 96.5 Å². The van der Waals surface area contributed by atoms with Crippen LogP contribution in [0.2, 0.25) is 0 Å². The van der Waals surface area contributed by atoms with Crippen molar-refractivity contribution in [2.75, 3.05) is 59.9 Å². The molecule has 6 nitrogen and oxygen atoms in total. The third kappa shape index (κ3) is 10.3. The summed E-state index contributed by atoms with van der Waals surface area (Å²) in [5.74, 6) is 0. The second-order valence-electron chi connectivity index (χ2n) is 3.23. The first-order chi connectivity index (χ1) is 7.85. The SMILES string of the molecule is COCCOCCOCCNC(CO)CO. The van der Waals surface area contributed by atoms with Crippen LogP contribution >= 0.6 is 0 Å². The third-order valence-corrected chi connectivity index (χ3v) is 1.92. The van der Waals surface area contributed by atoms with Gasteiger partial charge in [-0.05, 0) is 0 Å². The van der Waals surface area contributed by atoms with E-state index in [1.165, 1.54) is 0 Å². The van der Waals surface area contributed by atoms with E-state index in [-0.39, 0.29) is 19.3 Å². The average Bonchev–Trinajstić information content (AvgIpc) is 2.32. The molecule has 0 aromatic rings. The number of aliphatic hydroxyl groups is 2. The summed E-state index contributed by atoms with van der Waals surface area (Å²) in [6.07, 6.45) is 0. The zero-order valence-electron chi connectivity index (χ0n) is 9.85. The van der Waals surface area contributed by atoms with E-state index in [4.69, 9.17) is 24.4 Å². The van der Waals surface area contributed by atoms with Gasteiger partial charge in [-0.1, -0.05) is 0 Å². The zero-order chi connectivity index (χ0) is 12.1. The molecule has 0 aliphatic carbocycles. The second kappa shape index (κ2) is 12.8. The number of nitrogens with one attached hydrogen (secondary N) is 1. The molecule has 0 aromatic carbocycles. The highest BCUT2D eigenvalue weighted by atomic mass is 16.5. The van der Waals surface area contributed by atoms with E-state index in [0.717, 1.165) is 0 Å². The number of ether oxygens (including phenoxy) is 3. The Morgan fingerprint density at radius 3 is 2.06 bits per heavy atom. The van der Waals surface area contributed by atoms with Gasteiger partial charge in [0.1, 0.15) is 0 Å². The predicted octanol–water partition coefficient (Wildman–Crippen LogP) is -1.39. The molecule has 0 atom stereocenters. The molecular weight excluding hydrogens is 214 g/mol. The van der Waals surface area contributed by atoms with E-state index in [2.05, 4.69) is 5.32 Å². The van der Waals surface area contributed by atoms with Gasteiger partial charge in [0, 0.05) is 13.7 Å². The summed E-state index contributed by atoms with van der Waals surface area (Å²) in [7, 11) is 1.63. The Bertz CT molecular complexity index is 132. The van der Waals surface area contributed by atoms with Gasteiger partial charge >= 0.3 is 0 Å². The smallest absolute Gasteiger partial charge is 0.0701 e. The number of hydrogen-bond donors (Lipinski definition) is 3. The summed E-state index contributed by atoms with van der Waals surface area (Å²) in [4.78, 5) is 0. The molecule has 3 N–H and O–H groups in total. The summed E-state index contributed by atoms with van der Waals surface area (Å²) in [5.41, 5.74) is 0. The van der Waals surface area contributed by atoms with Crippen LogP contribution in [0.5, 0.6) is 0 Å². The fourth-order valence-electron chi connectivity index (χ4n) is 0.986. The van der Waals surface area contributed by atoms with E-state index in [1.54, 1.807) is 7.11 Å². The molecule has 6 heteroatoms. The maximum Gasteiger partial charge on any atom is 0.0701 e. The summed E-state index contributed by atoms with van der Waals surface area (Å²) < 4.78 is 15.3. The summed E-state index contributed by atoms with van der Waals surface area (Å²) in [5, 5.41) is 20.5. The highest BCUT2D eigenvalue weighted by Crippen LogP contribution is 1.81. The van der Waals surface area contributed by atoms with Crippen molar-refractivity contribution < 1.29 is 24.4 Å². The molecular formula is C10H23NO5. The van der Waals surface area contributed by atoms with Crippen LogP contribution in [-0.2, 0) is 14.2 Å². The number of aliphatic hydroxyl groups excluding tert-OH is 2. The van der Waals surface area contributed by atoms with Gasteiger partial charge in [0.05, 0.1) is 52.3 Å². The van der Waals surface area contributed by atoms with Crippen LogP contribution in [0.15, 0.2) is 0 Å². The second-order valence-corrected chi connectivity index (χ2v) is 3.23. The van der Waals surface area contributed by atoms with Crippen molar-refractivity contribution in [3.8, 4) is 0 Å². The molecule has 0 saturated heterocycles. The van der Waals surface area contributed by atoms with Crippen molar-refractivity contribution in [2.24, 2.45) is 0 Å². The quantitative estimate of drug-likeness (QED) is 0.363. The van der Waals surface area contributed by atoms with Crippen molar-refractivity contribution in [1.29, 1.82) is 0 Å². The number of hydrogen-bond acceptors (Lipinski definition) is 6. The molecule has 0 aliphatic rings. The van der Waals surface area contributed by atoms with E-state index >= 15 is 0 Å². The lowest BCUT2D eigenvalue weighted by atomic mass is 10.3. The van der Waals surface area contributed by atoms with Crippen molar-refractivity contribution >= 4 is 0 Å². The van der Waals surface area contributed by atoms with E-state index in [1.807, 2.05) is 0 Å². The summed E-state index contributed by atoms with van der Waals surface area (Å²) in [6, 6.07) is -0.262. The first-order valence-corrected chi connectivity index (χ1v) is 5.44. The van der Waals surface area contributed by atoms with Crippen molar-refractivity contribution in [3.05, 3.63) is 0 Å². The minimum absolute atomic E-state index is 0.0728. The van der Waals surface area contributed by atoms with Crippen LogP contribution in [0.4, 0.5) is 0 Å². The minimum Gasteiger partial charge on any atom is -0.395 e. The van der Waals surface area contributed by atoms with Gasteiger partial charge in [-0.2, -0.15) is 0 Å². The van der Waals surface area contributed by atoms with Gasteiger partial charge in [0.15, 0.2) is 0 Å². The first-order valence-electron chi connectivity index (χ1n) is 5.44. The van der Waals surface area contributed by atoms with E-state index in [9.17, 15) is 0 Å². The summed E-state index contributed by atoms with van der Waals surface area (Å²) in [6.45, 7) is 3.24. The molecule has 0 rings (SSSR count). The highest BCUT2D eigenvalue weighted by molar-refractivity contribution is 4.62. The van der Waals surface area contributed by atoms with Crippen LogP contribution < -0.4 is 5.32 Å². The van der Waals surface area contributed by atoms with Crippen LogP contribution in [0.1, 0.15) is 0 Å². The predicted molar refractivity (Wildman–Crippen MR) is 59.5 cm³/mol. The molecule has 0 bridgehead atoms. The maximum atomic E-state index is 8.75. The molecule has 0 radical (unpaired) electrons. The minimum atomic E-state index is -0.262. The lowest BCUT2D eigenvalue weighted by Gasteiger charge is -2.13. The van der Waals surface area contributed by atoms with Crippen molar-refractivity contribution in [2.45, 2.75) is 6.04 Å². The van der Waals surface area contributed by atoms with Gasteiger partial charge in [-0.25, -0.2) is 0 Å². The van der Waals surface area contributed by atoms with Crippen molar-refractivity contribution in [1.82, 2.24) is 5.32 Å². The molecule has 0 unspecified atom stereocenters. The Morgan fingerprint density at radius 2 is 1.50 bits per heavy atom. The lowest BCUT2D eigenvalue weighted by molar-refractivity contribution is 0.0245. The monoisotopic (exact) mass is 237 g/mol. The largest absolute Gasteiger partial charge is 0.395 e. The van der Waals surface area contributed by atoms with Crippen LogP contribution in [0, 0.1) is 0 Å². The summed E-state index contributed by atoms with van der Waals surface area (Å²) >= 11 is 0. The zero-order valence-corrected chi connectivity index (χ0v) is 9.85. The molecule has 0 fully saturated rings. The van der Waals surface area contributed by atoms with Gasteiger partial charge < -0.3 is 29.7 Å². The maximum absolute atomic E-state index is 8.75. The average molecular weight is 237 g/mol. The Kier molecular flexibility index (Phi) is 12.6. The fourth-order valence-corrected chi connectivity index (χ4v) is 0.986. The number of methoxy groups -OCH3 is 1. The van der Waals surface area contributed by atoms with Gasteiger partial charge in [0.2, 0.25) is 0 Å². The van der Waals surface area contributed by atoms with E-state index in [0.29, 0.717) is 39.6 Å². The molecule has 0 aromatic heterocycles. The Balaban J connectivity index is 3.03. The molecule has 16 heavy (non-hydrogen) atoms. The van der Waals surface area contributed by atoms with Gasteiger partial charge in [-0.15, -0.1) is 0 Å². The van der Waals surface area contributed by atoms with Gasteiger partial charge in [0.25, 0.3) is 0 Å². The number of rotatable bonds is 12. The molecule has 98 valence electrons. The molecule has 0 aliphatic heterocycles. The first kappa shape index (κ1) is 15.8. The lowest BCUT2D eigenvalue weighted by Crippen LogP contribution is -2.37. The molecule has 0 spiro atoms. The topological polar surface area (TPSA) is 80.2 Å². The fraction of sp³-hybridized carbons (Fsp3) is 1.00. The van der Waals surface area contributed by atoms with Crippen LogP contribution in [-0.4, -0.2) is 76.2 Å².